The Kier molecular flexibility index (Phi) is 7.07. The fourth-order valence-corrected chi connectivity index (χ4v) is 3.78. The van der Waals surface area contributed by atoms with Crippen molar-refractivity contribution >= 4 is 29.2 Å². The van der Waals surface area contributed by atoms with E-state index in [0.29, 0.717) is 0 Å². The Balaban J connectivity index is 1.77. The first-order valence-corrected chi connectivity index (χ1v) is 9.82. The van der Waals surface area contributed by atoms with E-state index in [1.165, 1.54) is 12.1 Å². The number of ether oxygens (including phenoxy) is 2. The van der Waals surface area contributed by atoms with Crippen molar-refractivity contribution in [3.8, 4) is 11.5 Å². The maximum absolute atomic E-state index is 11.2. The minimum atomic E-state index is -1.80. The van der Waals surface area contributed by atoms with E-state index in [-0.39, 0.29) is 11.5 Å². The zero-order chi connectivity index (χ0) is 22.0. The van der Waals surface area contributed by atoms with Crippen molar-refractivity contribution < 1.29 is 39.8 Å². The number of hydrogen-bond donors (Lipinski definition) is 5. The molecule has 0 saturated carbocycles. The van der Waals surface area contributed by atoms with E-state index in [9.17, 15) is 25.2 Å². The van der Waals surface area contributed by atoms with Gasteiger partial charge in [-0.2, -0.15) is 0 Å². The van der Waals surface area contributed by atoms with Gasteiger partial charge < -0.3 is 35.0 Å². The standard InChI is InChI=1S/C20H20Cl2O8/c21-18(22)13(9-1-5-11(23)6-2-9)10-3-7-12(8-4-10)29-20-16(26)14(24)15(25)17(30-20)19(27)28/h1-8,13-18,20,23-26H,(H,27,28)/t13?,14-,15-,16+,17-,20+/m0/s1. The number of benzene rings is 2. The van der Waals surface area contributed by atoms with Crippen molar-refractivity contribution in [1.29, 1.82) is 0 Å². The maximum atomic E-state index is 11.2. The monoisotopic (exact) mass is 458 g/mol. The molecule has 1 aliphatic rings. The number of halogens is 2. The molecule has 1 unspecified atom stereocenters. The van der Waals surface area contributed by atoms with Crippen LogP contribution in [-0.4, -0.2) is 67.0 Å². The molecule has 8 nitrogen and oxygen atoms in total. The van der Waals surface area contributed by atoms with Crippen LogP contribution < -0.4 is 4.74 Å². The first kappa shape index (κ1) is 22.6. The van der Waals surface area contributed by atoms with Crippen LogP contribution in [0.5, 0.6) is 11.5 Å². The van der Waals surface area contributed by atoms with Gasteiger partial charge in [-0.05, 0) is 35.4 Å². The van der Waals surface area contributed by atoms with Gasteiger partial charge in [-0.25, -0.2) is 4.79 Å². The Bertz CT molecular complexity index is 858. The second-order valence-corrected chi connectivity index (χ2v) is 7.99. The van der Waals surface area contributed by atoms with Gasteiger partial charge in [0.2, 0.25) is 6.29 Å². The normalized spacial score (nSPS) is 27.6. The summed E-state index contributed by atoms with van der Waals surface area (Å²) < 4.78 is 10.6. The largest absolute Gasteiger partial charge is 0.508 e. The first-order chi connectivity index (χ1) is 14.2. The molecular weight excluding hydrogens is 439 g/mol. The molecule has 0 spiro atoms. The molecule has 2 aromatic rings. The Labute approximate surface area is 181 Å². The molecule has 0 aromatic heterocycles. The van der Waals surface area contributed by atoms with Crippen molar-refractivity contribution in [3.05, 3.63) is 59.7 Å². The van der Waals surface area contributed by atoms with Crippen LogP contribution in [0.2, 0.25) is 0 Å². The van der Waals surface area contributed by atoms with E-state index in [0.717, 1.165) is 11.1 Å². The van der Waals surface area contributed by atoms with E-state index < -0.39 is 47.4 Å². The van der Waals surface area contributed by atoms with Crippen LogP contribution >= 0.6 is 23.2 Å². The third-order valence-electron chi connectivity index (χ3n) is 4.81. The van der Waals surface area contributed by atoms with Gasteiger partial charge in [-0.3, -0.25) is 0 Å². The van der Waals surface area contributed by atoms with Crippen LogP contribution in [0.3, 0.4) is 0 Å². The second kappa shape index (κ2) is 9.38. The van der Waals surface area contributed by atoms with E-state index in [4.69, 9.17) is 37.8 Å². The van der Waals surface area contributed by atoms with Crippen LogP contribution in [0.1, 0.15) is 17.0 Å². The molecule has 2 aromatic carbocycles. The van der Waals surface area contributed by atoms with Crippen molar-refractivity contribution in [3.63, 3.8) is 0 Å². The number of phenolic OH excluding ortho intramolecular Hbond substituents is 1. The van der Waals surface area contributed by atoms with Gasteiger partial charge in [-0.1, -0.05) is 24.3 Å². The van der Waals surface area contributed by atoms with E-state index in [1.54, 1.807) is 36.4 Å². The highest BCUT2D eigenvalue weighted by molar-refractivity contribution is 6.45. The SMILES string of the molecule is O=C(O)[C@H]1O[C@@H](Oc2ccc(C(c3ccc(O)cc3)C(Cl)Cl)cc2)[C@H](O)[C@@H](O)[C@@H]1O. The lowest BCUT2D eigenvalue weighted by atomic mass is 9.92. The lowest BCUT2D eigenvalue weighted by Crippen LogP contribution is -2.61. The highest BCUT2D eigenvalue weighted by atomic mass is 35.5. The van der Waals surface area contributed by atoms with Crippen LogP contribution in [0.25, 0.3) is 0 Å². The summed E-state index contributed by atoms with van der Waals surface area (Å²) in [6.45, 7) is 0. The summed E-state index contributed by atoms with van der Waals surface area (Å²) in [5, 5.41) is 48.2. The molecule has 162 valence electrons. The van der Waals surface area contributed by atoms with Crippen LogP contribution in [0.4, 0.5) is 0 Å². The van der Waals surface area contributed by atoms with E-state index in [1.807, 2.05) is 0 Å². The second-order valence-electron chi connectivity index (χ2n) is 6.83. The fourth-order valence-electron chi connectivity index (χ4n) is 3.20. The average Bonchev–Trinajstić information content (AvgIpc) is 2.70. The number of carboxylic acids is 1. The Hall–Kier alpha value is -2.07. The molecule has 1 heterocycles. The summed E-state index contributed by atoms with van der Waals surface area (Å²) >= 11 is 12.3. The number of rotatable bonds is 6. The van der Waals surface area contributed by atoms with Crippen molar-refractivity contribution in [1.82, 2.24) is 0 Å². The fraction of sp³-hybridized carbons (Fsp3) is 0.350. The molecule has 0 amide bonds. The minimum Gasteiger partial charge on any atom is -0.508 e. The number of alkyl halides is 2. The lowest BCUT2D eigenvalue weighted by molar-refractivity contribution is -0.271. The summed E-state index contributed by atoms with van der Waals surface area (Å²) in [5.74, 6) is -1.56. The number of aliphatic hydroxyl groups excluding tert-OH is 3. The molecule has 5 N–H and O–H groups in total. The molecular formula is C20H20Cl2O8. The molecule has 1 saturated heterocycles. The number of aliphatic hydroxyl groups is 3. The number of carbonyl (C=O) groups is 1. The number of carboxylic acid groups (broad SMARTS) is 1. The molecule has 0 aliphatic carbocycles. The molecule has 30 heavy (non-hydrogen) atoms. The number of hydrogen-bond acceptors (Lipinski definition) is 7. The highest BCUT2D eigenvalue weighted by Gasteiger charge is 2.48. The van der Waals surface area contributed by atoms with Crippen LogP contribution in [0.15, 0.2) is 48.5 Å². The first-order valence-electron chi connectivity index (χ1n) is 8.95. The smallest absolute Gasteiger partial charge is 0.335 e. The van der Waals surface area contributed by atoms with Gasteiger partial charge in [0.15, 0.2) is 6.10 Å². The van der Waals surface area contributed by atoms with Crippen molar-refractivity contribution in [2.45, 2.75) is 41.5 Å². The van der Waals surface area contributed by atoms with Gasteiger partial charge in [0.05, 0.1) is 0 Å². The van der Waals surface area contributed by atoms with Crippen molar-refractivity contribution in [2.24, 2.45) is 0 Å². The predicted octanol–water partition coefficient (Wildman–Crippen LogP) is 1.60. The summed E-state index contributed by atoms with van der Waals surface area (Å²) in [6, 6.07) is 12.9. The molecule has 6 atom stereocenters. The Morgan fingerprint density at radius 2 is 1.43 bits per heavy atom. The van der Waals surface area contributed by atoms with Gasteiger partial charge in [0, 0.05) is 5.92 Å². The molecule has 10 heteroatoms. The summed E-state index contributed by atoms with van der Waals surface area (Å²) in [6.07, 6.45) is -8.46. The molecule has 1 aliphatic heterocycles. The Morgan fingerprint density at radius 3 is 1.93 bits per heavy atom. The molecule has 3 rings (SSSR count). The van der Waals surface area contributed by atoms with Gasteiger partial charge >= 0.3 is 5.97 Å². The molecule has 1 fully saturated rings. The van der Waals surface area contributed by atoms with Crippen LogP contribution in [0, 0.1) is 0 Å². The predicted molar refractivity (Wildman–Crippen MR) is 107 cm³/mol. The van der Waals surface area contributed by atoms with Gasteiger partial charge in [-0.15, -0.1) is 23.2 Å². The summed E-state index contributed by atoms with van der Waals surface area (Å²) in [5.41, 5.74) is 1.52. The number of aliphatic carboxylic acids is 1. The number of phenols is 1. The Morgan fingerprint density at radius 1 is 0.900 bits per heavy atom. The van der Waals surface area contributed by atoms with Gasteiger partial charge in [0.25, 0.3) is 0 Å². The zero-order valence-electron chi connectivity index (χ0n) is 15.4. The third-order valence-corrected chi connectivity index (χ3v) is 5.31. The van der Waals surface area contributed by atoms with Crippen molar-refractivity contribution in [2.75, 3.05) is 0 Å². The quantitative estimate of drug-likeness (QED) is 0.411. The summed E-state index contributed by atoms with van der Waals surface area (Å²) in [4.78, 5) is 10.4. The maximum Gasteiger partial charge on any atom is 0.335 e. The third kappa shape index (κ3) is 4.80. The van der Waals surface area contributed by atoms with E-state index >= 15 is 0 Å². The number of aromatic hydroxyl groups is 1. The summed E-state index contributed by atoms with van der Waals surface area (Å²) in [7, 11) is 0. The minimum absolute atomic E-state index is 0.111. The van der Waals surface area contributed by atoms with Gasteiger partial charge in [0.1, 0.15) is 34.6 Å². The molecule has 0 radical (unpaired) electrons. The highest BCUT2D eigenvalue weighted by Crippen LogP contribution is 2.35. The molecule has 0 bridgehead atoms. The lowest BCUT2D eigenvalue weighted by Gasteiger charge is -2.38. The average molecular weight is 459 g/mol. The zero-order valence-corrected chi connectivity index (χ0v) is 16.9. The van der Waals surface area contributed by atoms with Crippen LogP contribution in [-0.2, 0) is 9.53 Å². The van der Waals surface area contributed by atoms with E-state index in [2.05, 4.69) is 0 Å². The topological polar surface area (TPSA) is 137 Å².